The lowest BCUT2D eigenvalue weighted by atomic mass is 9.70. The van der Waals surface area contributed by atoms with Crippen LogP contribution in [0, 0.1) is 17.8 Å². The van der Waals surface area contributed by atoms with Crippen molar-refractivity contribution in [2.75, 3.05) is 13.1 Å². The number of allylic oxidation sites excluding steroid dienone is 4. The smallest absolute Gasteiger partial charge is 0.117 e. The third kappa shape index (κ3) is 4.65. The molecular weight excluding hydrogens is 306 g/mol. The lowest BCUT2D eigenvalue weighted by Gasteiger charge is -2.50. The van der Waals surface area contributed by atoms with E-state index in [1.807, 2.05) is 0 Å². The maximum atomic E-state index is 6.77. The van der Waals surface area contributed by atoms with Crippen LogP contribution in [0.5, 0.6) is 0 Å². The highest BCUT2D eigenvalue weighted by Gasteiger charge is 2.45. The van der Waals surface area contributed by atoms with Gasteiger partial charge in [0.15, 0.2) is 0 Å². The summed E-state index contributed by atoms with van der Waals surface area (Å²) in [7, 11) is 0. The molecule has 0 aromatic carbocycles. The topological polar surface area (TPSA) is 12.5 Å². The Hall–Kier alpha value is -0.860. The van der Waals surface area contributed by atoms with E-state index in [2.05, 4.69) is 55.2 Å². The Kier molecular flexibility index (Phi) is 7.36. The van der Waals surface area contributed by atoms with E-state index < -0.39 is 0 Å². The predicted octanol–water partition coefficient (Wildman–Crippen LogP) is 5.72. The molecule has 140 valence electrons. The number of hydrogen-bond donors (Lipinski definition) is 0. The van der Waals surface area contributed by atoms with Gasteiger partial charge in [0.25, 0.3) is 0 Å². The van der Waals surface area contributed by atoms with E-state index in [9.17, 15) is 0 Å². The fraction of sp³-hybridized carbons (Fsp3) is 0.739. The molecule has 2 nitrogen and oxygen atoms in total. The minimum Gasteiger partial charge on any atom is -0.359 e. The van der Waals surface area contributed by atoms with Crippen molar-refractivity contribution in [2.45, 2.75) is 77.5 Å². The van der Waals surface area contributed by atoms with Gasteiger partial charge in [-0.3, -0.25) is 4.90 Å². The van der Waals surface area contributed by atoms with Crippen LogP contribution in [-0.4, -0.2) is 30.3 Å². The molecule has 1 heterocycles. The van der Waals surface area contributed by atoms with Crippen molar-refractivity contribution in [2.24, 2.45) is 17.8 Å². The van der Waals surface area contributed by atoms with Crippen molar-refractivity contribution in [3.05, 3.63) is 36.5 Å². The molecule has 5 unspecified atom stereocenters. The predicted molar refractivity (Wildman–Crippen MR) is 106 cm³/mol. The van der Waals surface area contributed by atoms with Crippen LogP contribution in [0.4, 0.5) is 0 Å². The third-order valence-corrected chi connectivity index (χ3v) is 6.24. The first kappa shape index (κ1) is 18.9. The van der Waals surface area contributed by atoms with Gasteiger partial charge in [-0.1, -0.05) is 76.0 Å². The molecule has 1 aliphatic heterocycles. The summed E-state index contributed by atoms with van der Waals surface area (Å²) in [5.41, 5.74) is 0. The van der Waals surface area contributed by atoms with Crippen molar-refractivity contribution >= 4 is 0 Å². The van der Waals surface area contributed by atoms with Crippen molar-refractivity contribution in [1.29, 1.82) is 0 Å². The molecule has 0 amide bonds. The van der Waals surface area contributed by atoms with Gasteiger partial charge in [-0.15, -0.1) is 0 Å². The Morgan fingerprint density at radius 2 is 1.48 bits per heavy atom. The minimum atomic E-state index is 0.271. The van der Waals surface area contributed by atoms with Crippen LogP contribution in [0.15, 0.2) is 36.5 Å². The Balaban J connectivity index is 1.73. The van der Waals surface area contributed by atoms with Gasteiger partial charge >= 0.3 is 0 Å². The van der Waals surface area contributed by atoms with E-state index in [4.69, 9.17) is 4.74 Å². The molecule has 0 radical (unpaired) electrons. The Morgan fingerprint density at radius 3 is 2.16 bits per heavy atom. The van der Waals surface area contributed by atoms with E-state index in [0.717, 1.165) is 6.42 Å². The first-order chi connectivity index (χ1) is 12.3. The molecule has 3 aliphatic rings. The van der Waals surface area contributed by atoms with Crippen LogP contribution in [0.25, 0.3) is 0 Å². The maximum absolute atomic E-state index is 6.77. The zero-order valence-electron chi connectivity index (χ0n) is 16.3. The van der Waals surface area contributed by atoms with Gasteiger partial charge in [0.2, 0.25) is 0 Å². The summed E-state index contributed by atoms with van der Waals surface area (Å²) in [6.45, 7) is 6.97. The van der Waals surface area contributed by atoms with Crippen LogP contribution in [-0.2, 0) is 4.74 Å². The van der Waals surface area contributed by atoms with Gasteiger partial charge < -0.3 is 4.74 Å². The summed E-state index contributed by atoms with van der Waals surface area (Å²) >= 11 is 0. The highest BCUT2D eigenvalue weighted by Crippen LogP contribution is 2.44. The van der Waals surface area contributed by atoms with Crippen molar-refractivity contribution in [1.82, 2.24) is 4.90 Å². The van der Waals surface area contributed by atoms with Crippen LogP contribution >= 0.6 is 0 Å². The molecule has 0 aromatic rings. The normalized spacial score (nSPS) is 33.5. The number of unbranched alkanes of at least 4 members (excludes halogenated alkanes) is 4. The van der Waals surface area contributed by atoms with Crippen LogP contribution in [0.1, 0.15) is 65.2 Å². The number of ether oxygens (including phenoxy) is 1. The summed E-state index contributed by atoms with van der Waals surface area (Å²) in [5.74, 6) is 1.85. The second kappa shape index (κ2) is 9.73. The largest absolute Gasteiger partial charge is 0.359 e. The van der Waals surface area contributed by atoms with Crippen molar-refractivity contribution < 1.29 is 4.74 Å². The monoisotopic (exact) mass is 343 g/mol. The summed E-state index contributed by atoms with van der Waals surface area (Å²) in [6, 6.07) is 0. The van der Waals surface area contributed by atoms with Crippen LogP contribution < -0.4 is 0 Å². The molecule has 0 bridgehead atoms. The molecule has 3 rings (SSSR count). The van der Waals surface area contributed by atoms with Gasteiger partial charge in [-0.25, -0.2) is 0 Å². The summed E-state index contributed by atoms with van der Waals surface area (Å²) < 4.78 is 6.77. The van der Waals surface area contributed by atoms with Gasteiger partial charge in [-0.2, -0.15) is 0 Å². The van der Waals surface area contributed by atoms with Gasteiger partial charge in [0, 0.05) is 19.0 Å². The second-order valence-corrected chi connectivity index (χ2v) is 8.05. The highest BCUT2D eigenvalue weighted by atomic mass is 16.5. The SMILES string of the molecule is CCCCCN(CCCCC)C1OC2CC=CCC2C2C=CC=CC21. The Morgan fingerprint density at radius 1 is 0.840 bits per heavy atom. The summed E-state index contributed by atoms with van der Waals surface area (Å²) in [5, 5.41) is 0. The van der Waals surface area contributed by atoms with Crippen molar-refractivity contribution in [3.63, 3.8) is 0 Å². The van der Waals surface area contributed by atoms with E-state index in [1.54, 1.807) is 0 Å². The average molecular weight is 344 g/mol. The summed E-state index contributed by atoms with van der Waals surface area (Å²) in [6.07, 6.45) is 24.9. The molecular formula is C23H37NO. The number of fused-ring (bicyclic) bond motifs is 3. The molecule has 0 saturated carbocycles. The van der Waals surface area contributed by atoms with E-state index in [1.165, 1.54) is 58.0 Å². The first-order valence-corrected chi connectivity index (χ1v) is 10.7. The van der Waals surface area contributed by atoms with E-state index in [0.29, 0.717) is 23.9 Å². The molecule has 2 heteroatoms. The Bertz CT molecular complexity index is 470. The fourth-order valence-electron chi connectivity index (χ4n) is 4.82. The van der Waals surface area contributed by atoms with Gasteiger partial charge in [0.05, 0.1) is 6.10 Å². The highest BCUT2D eigenvalue weighted by molar-refractivity contribution is 5.20. The minimum absolute atomic E-state index is 0.271. The standard InChI is InChI=1S/C23H37NO/c1-3-5-11-17-24(18-12-6-4-2)23-21-15-8-7-13-19(21)20-14-9-10-16-22(20)25-23/h7-10,13,15,19-23H,3-6,11-12,14,16-18H2,1-2H3. The molecule has 1 fully saturated rings. The van der Waals surface area contributed by atoms with Crippen LogP contribution in [0.2, 0.25) is 0 Å². The molecule has 2 aliphatic carbocycles. The van der Waals surface area contributed by atoms with Crippen LogP contribution in [0.3, 0.4) is 0 Å². The van der Waals surface area contributed by atoms with Gasteiger partial charge in [0.1, 0.15) is 6.23 Å². The third-order valence-electron chi connectivity index (χ3n) is 6.24. The zero-order chi connectivity index (χ0) is 17.5. The molecule has 0 spiro atoms. The fourth-order valence-corrected chi connectivity index (χ4v) is 4.82. The number of nitrogens with zero attached hydrogens (tertiary/aromatic N) is 1. The van der Waals surface area contributed by atoms with E-state index >= 15 is 0 Å². The lowest BCUT2D eigenvalue weighted by molar-refractivity contribution is -0.186. The zero-order valence-corrected chi connectivity index (χ0v) is 16.3. The van der Waals surface area contributed by atoms with Gasteiger partial charge in [-0.05, 0) is 37.5 Å². The summed E-state index contributed by atoms with van der Waals surface area (Å²) in [4.78, 5) is 2.68. The van der Waals surface area contributed by atoms with Crippen molar-refractivity contribution in [3.8, 4) is 0 Å². The average Bonchev–Trinajstić information content (AvgIpc) is 2.66. The second-order valence-electron chi connectivity index (χ2n) is 8.05. The Labute approximate surface area is 155 Å². The lowest BCUT2D eigenvalue weighted by Crippen LogP contribution is -2.55. The number of hydrogen-bond acceptors (Lipinski definition) is 2. The molecule has 5 atom stereocenters. The molecule has 25 heavy (non-hydrogen) atoms. The number of rotatable bonds is 9. The molecule has 0 N–H and O–H groups in total. The maximum Gasteiger partial charge on any atom is 0.117 e. The quantitative estimate of drug-likeness (QED) is 0.392. The van der Waals surface area contributed by atoms with E-state index in [-0.39, 0.29) is 6.23 Å². The molecule has 1 saturated heterocycles. The first-order valence-electron chi connectivity index (χ1n) is 10.7. The molecule has 0 aromatic heterocycles.